The van der Waals surface area contributed by atoms with E-state index in [-0.39, 0.29) is 17.7 Å². The molecule has 1 saturated heterocycles. The predicted molar refractivity (Wildman–Crippen MR) is 105 cm³/mol. The second-order valence-corrected chi connectivity index (χ2v) is 7.88. The van der Waals surface area contributed by atoms with Gasteiger partial charge in [0.2, 0.25) is 11.8 Å². The van der Waals surface area contributed by atoms with Gasteiger partial charge in [0.25, 0.3) is 0 Å². The van der Waals surface area contributed by atoms with Gasteiger partial charge in [0.15, 0.2) is 11.4 Å². The molecule has 2 heterocycles. The van der Waals surface area contributed by atoms with Crippen LogP contribution in [0.2, 0.25) is 0 Å². The van der Waals surface area contributed by atoms with Crippen molar-refractivity contribution < 1.29 is 14.1 Å². The molecule has 2 unspecified atom stereocenters. The largest absolute Gasteiger partial charge is 0.380 e. The minimum atomic E-state index is -0.491. The Balaban J connectivity index is 1.33. The molecule has 2 aromatic rings. The third kappa shape index (κ3) is 3.56. The first kappa shape index (κ1) is 18.7. The van der Waals surface area contributed by atoms with Crippen molar-refractivity contribution >= 4 is 28.6 Å². The summed E-state index contributed by atoms with van der Waals surface area (Å²) in [6.45, 7) is 0.948. The third-order valence-electron chi connectivity index (χ3n) is 6.08. The summed E-state index contributed by atoms with van der Waals surface area (Å²) in [5, 5.41) is 7.39. The van der Waals surface area contributed by atoms with E-state index in [9.17, 15) is 9.59 Å². The number of anilines is 1. The highest BCUT2D eigenvalue weighted by molar-refractivity contribution is 5.91. The highest BCUT2D eigenvalue weighted by Crippen LogP contribution is 2.28. The lowest BCUT2D eigenvalue weighted by Gasteiger charge is -2.42. The second kappa shape index (κ2) is 7.79. The monoisotopic (exact) mass is 385 g/mol. The topological polar surface area (TPSA) is 127 Å². The van der Waals surface area contributed by atoms with Gasteiger partial charge in [-0.2, -0.15) is 0 Å². The summed E-state index contributed by atoms with van der Waals surface area (Å²) in [5.74, 6) is 0.361. The summed E-state index contributed by atoms with van der Waals surface area (Å²) in [6.07, 6.45) is 6.18. The molecule has 28 heavy (non-hydrogen) atoms. The van der Waals surface area contributed by atoms with E-state index in [0.29, 0.717) is 30.9 Å². The number of nitrogen functional groups attached to an aromatic ring is 1. The number of rotatable bonds is 5. The first-order valence-electron chi connectivity index (χ1n) is 10.0. The number of amides is 2. The molecule has 8 nitrogen and oxygen atoms in total. The first-order chi connectivity index (χ1) is 13.5. The molecular formula is C20H27N5O3. The van der Waals surface area contributed by atoms with Gasteiger partial charge in [0.05, 0.1) is 11.4 Å². The molecule has 1 saturated carbocycles. The minimum absolute atomic E-state index is 0.0862. The van der Waals surface area contributed by atoms with Gasteiger partial charge < -0.3 is 26.2 Å². The highest BCUT2D eigenvalue weighted by Gasteiger charge is 2.41. The van der Waals surface area contributed by atoms with E-state index in [0.717, 1.165) is 36.6 Å². The Hall–Kier alpha value is -2.61. The molecule has 150 valence electrons. The number of nitrogens with one attached hydrogen (secondary N) is 1. The maximum absolute atomic E-state index is 12.8. The smallest absolute Gasteiger partial charge is 0.243 e. The van der Waals surface area contributed by atoms with Crippen LogP contribution < -0.4 is 16.8 Å². The van der Waals surface area contributed by atoms with E-state index in [1.165, 1.54) is 6.42 Å². The van der Waals surface area contributed by atoms with Crippen molar-refractivity contribution in [3.05, 3.63) is 23.8 Å². The quantitative estimate of drug-likeness (QED) is 0.716. The summed E-state index contributed by atoms with van der Waals surface area (Å²) < 4.78 is 5.15. The van der Waals surface area contributed by atoms with Crippen LogP contribution in [0.1, 0.15) is 44.1 Å². The molecule has 1 aliphatic carbocycles. The minimum Gasteiger partial charge on any atom is -0.380 e. The van der Waals surface area contributed by atoms with Gasteiger partial charge in [-0.3, -0.25) is 9.59 Å². The van der Waals surface area contributed by atoms with Crippen LogP contribution in [0.25, 0.3) is 11.0 Å². The van der Waals surface area contributed by atoms with Crippen LogP contribution in [0.3, 0.4) is 0 Å². The van der Waals surface area contributed by atoms with Crippen molar-refractivity contribution in [3.8, 4) is 0 Å². The molecule has 5 N–H and O–H groups in total. The molecule has 0 spiro atoms. The second-order valence-electron chi connectivity index (χ2n) is 7.88. The predicted octanol–water partition coefficient (Wildman–Crippen LogP) is 1.53. The fourth-order valence-electron chi connectivity index (χ4n) is 4.23. The zero-order valence-corrected chi connectivity index (χ0v) is 15.9. The lowest BCUT2D eigenvalue weighted by Crippen LogP contribution is -2.62. The number of likely N-dealkylation sites (tertiary alicyclic amines) is 1. The number of benzene rings is 1. The Labute approximate surface area is 163 Å². The SMILES string of the molecule is Nc1noc2cc(CNC(=O)C3CCN3C(=O)C(N)C3CCCCC3)ccc12. The number of hydrogen-bond donors (Lipinski definition) is 3. The van der Waals surface area contributed by atoms with Crippen LogP contribution in [0.4, 0.5) is 5.82 Å². The zero-order chi connectivity index (χ0) is 19.7. The van der Waals surface area contributed by atoms with Gasteiger partial charge in [-0.25, -0.2) is 0 Å². The molecule has 1 aromatic heterocycles. The zero-order valence-electron chi connectivity index (χ0n) is 15.9. The Kier molecular flexibility index (Phi) is 5.21. The van der Waals surface area contributed by atoms with Crippen LogP contribution in [0.15, 0.2) is 22.7 Å². The van der Waals surface area contributed by atoms with Gasteiger partial charge in [-0.1, -0.05) is 30.5 Å². The van der Waals surface area contributed by atoms with E-state index >= 15 is 0 Å². The van der Waals surface area contributed by atoms with Crippen molar-refractivity contribution in [2.75, 3.05) is 12.3 Å². The Morgan fingerprint density at radius 2 is 2.04 bits per heavy atom. The van der Waals surface area contributed by atoms with Crippen LogP contribution in [0.5, 0.6) is 0 Å². The molecule has 0 radical (unpaired) electrons. The molecule has 0 bridgehead atoms. The molecule has 1 aliphatic heterocycles. The van der Waals surface area contributed by atoms with E-state index in [4.69, 9.17) is 16.0 Å². The number of carbonyl (C=O) groups excluding carboxylic acids is 2. The van der Waals surface area contributed by atoms with Crippen molar-refractivity contribution in [2.45, 2.75) is 57.2 Å². The summed E-state index contributed by atoms with van der Waals surface area (Å²) in [5.41, 5.74) is 13.4. The van der Waals surface area contributed by atoms with Crippen LogP contribution >= 0.6 is 0 Å². The van der Waals surface area contributed by atoms with Gasteiger partial charge in [-0.15, -0.1) is 0 Å². The van der Waals surface area contributed by atoms with Crippen molar-refractivity contribution in [1.82, 2.24) is 15.4 Å². The molecule has 2 amide bonds. The molecule has 2 fully saturated rings. The summed E-state index contributed by atoms with van der Waals surface area (Å²) >= 11 is 0. The number of fused-ring (bicyclic) bond motifs is 1. The Bertz CT molecular complexity index is 874. The lowest BCUT2D eigenvalue weighted by molar-refractivity contribution is -0.149. The number of aromatic nitrogens is 1. The van der Waals surface area contributed by atoms with Crippen molar-refractivity contribution in [1.29, 1.82) is 0 Å². The standard InChI is InChI=1S/C20H27N5O3/c21-17(13-4-2-1-3-5-13)20(27)25-9-8-15(25)19(26)23-11-12-6-7-14-16(10-12)28-24-18(14)22/h6-7,10,13,15,17H,1-5,8-9,11,21H2,(H2,22,24)(H,23,26). The van der Waals surface area contributed by atoms with Gasteiger partial charge >= 0.3 is 0 Å². The Morgan fingerprint density at radius 3 is 2.75 bits per heavy atom. The van der Waals surface area contributed by atoms with E-state index < -0.39 is 12.1 Å². The molecule has 2 aliphatic rings. The molecular weight excluding hydrogens is 358 g/mol. The number of nitrogens with two attached hydrogens (primary N) is 2. The maximum Gasteiger partial charge on any atom is 0.243 e. The molecule has 8 heteroatoms. The fraction of sp³-hybridized carbons (Fsp3) is 0.550. The van der Waals surface area contributed by atoms with Crippen LogP contribution in [0, 0.1) is 5.92 Å². The molecule has 4 rings (SSSR count). The first-order valence-corrected chi connectivity index (χ1v) is 10.0. The van der Waals surface area contributed by atoms with Crippen LogP contribution in [-0.4, -0.2) is 40.5 Å². The normalized spacial score (nSPS) is 21.3. The number of carbonyl (C=O) groups is 2. The number of hydrogen-bond acceptors (Lipinski definition) is 6. The number of nitrogens with zero attached hydrogens (tertiary/aromatic N) is 2. The summed E-state index contributed by atoms with van der Waals surface area (Å²) in [4.78, 5) is 27.0. The Morgan fingerprint density at radius 1 is 1.25 bits per heavy atom. The molecule has 2 atom stereocenters. The molecule has 1 aromatic carbocycles. The van der Waals surface area contributed by atoms with Crippen molar-refractivity contribution in [2.24, 2.45) is 11.7 Å². The van der Waals surface area contributed by atoms with Gasteiger partial charge in [0.1, 0.15) is 6.04 Å². The van der Waals surface area contributed by atoms with E-state index in [2.05, 4.69) is 10.5 Å². The maximum atomic E-state index is 12.8. The summed E-state index contributed by atoms with van der Waals surface area (Å²) in [6, 6.07) is 4.59. The highest BCUT2D eigenvalue weighted by atomic mass is 16.5. The van der Waals surface area contributed by atoms with Crippen LogP contribution in [-0.2, 0) is 16.1 Å². The van der Waals surface area contributed by atoms with E-state index in [1.54, 1.807) is 4.90 Å². The van der Waals surface area contributed by atoms with E-state index in [1.807, 2.05) is 18.2 Å². The van der Waals surface area contributed by atoms with Gasteiger partial charge in [-0.05, 0) is 42.9 Å². The fourth-order valence-corrected chi connectivity index (χ4v) is 4.23. The average Bonchev–Trinajstić information content (AvgIpc) is 3.06. The lowest BCUT2D eigenvalue weighted by atomic mass is 9.83. The van der Waals surface area contributed by atoms with Crippen molar-refractivity contribution in [3.63, 3.8) is 0 Å². The third-order valence-corrected chi connectivity index (χ3v) is 6.08. The average molecular weight is 385 g/mol. The van der Waals surface area contributed by atoms with Gasteiger partial charge in [0, 0.05) is 13.1 Å². The summed E-state index contributed by atoms with van der Waals surface area (Å²) in [7, 11) is 0.